The number of benzene rings is 2. The van der Waals surface area contributed by atoms with Gasteiger partial charge in [-0.2, -0.15) is 0 Å². The zero-order chi connectivity index (χ0) is 14.3. The third-order valence-corrected chi connectivity index (χ3v) is 4.87. The molecule has 0 saturated heterocycles. The molecule has 0 radical (unpaired) electrons. The van der Waals surface area contributed by atoms with Crippen LogP contribution in [0.25, 0.3) is 10.9 Å². The molecule has 1 heterocycles. The SMILES string of the molecule is Cc1[nH]c2ccccc2c1C(=O)c1ccc(I)c(Cl)c1. The Morgan fingerprint density at radius 2 is 1.95 bits per heavy atom. The molecular weight excluding hydrogens is 385 g/mol. The van der Waals surface area contributed by atoms with Crippen LogP contribution in [0.2, 0.25) is 5.02 Å². The quantitative estimate of drug-likeness (QED) is 0.482. The number of aromatic nitrogens is 1. The Bertz CT molecular complexity index is 822. The lowest BCUT2D eigenvalue weighted by atomic mass is 10.0. The molecule has 0 unspecified atom stereocenters. The molecule has 20 heavy (non-hydrogen) atoms. The maximum atomic E-state index is 12.7. The van der Waals surface area contributed by atoms with Gasteiger partial charge in [0.2, 0.25) is 0 Å². The van der Waals surface area contributed by atoms with Crippen molar-refractivity contribution in [2.45, 2.75) is 6.92 Å². The molecule has 0 atom stereocenters. The molecule has 0 amide bonds. The highest BCUT2D eigenvalue weighted by Crippen LogP contribution is 2.26. The van der Waals surface area contributed by atoms with E-state index < -0.39 is 0 Å². The van der Waals surface area contributed by atoms with Gasteiger partial charge in [0.25, 0.3) is 0 Å². The summed E-state index contributed by atoms with van der Waals surface area (Å²) in [6.45, 7) is 1.92. The van der Waals surface area contributed by atoms with Gasteiger partial charge in [0.15, 0.2) is 5.78 Å². The Hall–Kier alpha value is -1.33. The molecule has 4 heteroatoms. The summed E-state index contributed by atoms with van der Waals surface area (Å²) in [6.07, 6.45) is 0. The van der Waals surface area contributed by atoms with Gasteiger partial charge in [0.1, 0.15) is 0 Å². The lowest BCUT2D eigenvalue weighted by Crippen LogP contribution is -2.02. The van der Waals surface area contributed by atoms with E-state index in [0.29, 0.717) is 10.6 Å². The highest BCUT2D eigenvalue weighted by atomic mass is 127. The summed E-state index contributed by atoms with van der Waals surface area (Å²) < 4.78 is 0.941. The number of ketones is 1. The van der Waals surface area contributed by atoms with Crippen molar-refractivity contribution in [2.75, 3.05) is 0 Å². The van der Waals surface area contributed by atoms with E-state index in [1.54, 1.807) is 6.07 Å². The third-order valence-electron chi connectivity index (χ3n) is 3.30. The van der Waals surface area contributed by atoms with Crippen molar-refractivity contribution in [3.8, 4) is 0 Å². The van der Waals surface area contributed by atoms with Gasteiger partial charge < -0.3 is 4.98 Å². The molecule has 3 aromatic rings. The van der Waals surface area contributed by atoms with Crippen molar-refractivity contribution in [1.29, 1.82) is 0 Å². The van der Waals surface area contributed by atoms with Gasteiger partial charge in [-0.15, -0.1) is 0 Å². The summed E-state index contributed by atoms with van der Waals surface area (Å²) in [5.41, 5.74) is 3.19. The number of aromatic amines is 1. The number of H-pyrrole nitrogens is 1. The van der Waals surface area contributed by atoms with E-state index in [0.717, 1.165) is 25.7 Å². The normalized spacial score (nSPS) is 10.9. The molecule has 1 N–H and O–H groups in total. The van der Waals surface area contributed by atoms with Crippen LogP contribution in [0.3, 0.4) is 0 Å². The summed E-state index contributed by atoms with van der Waals surface area (Å²) in [5.74, 6) is -0.00162. The number of para-hydroxylation sites is 1. The second kappa shape index (κ2) is 5.22. The zero-order valence-corrected chi connectivity index (χ0v) is 13.6. The summed E-state index contributed by atoms with van der Waals surface area (Å²) in [6, 6.07) is 13.2. The molecule has 0 aliphatic heterocycles. The number of hydrogen-bond donors (Lipinski definition) is 1. The first-order valence-corrected chi connectivity index (χ1v) is 7.60. The molecule has 0 aliphatic carbocycles. The standard InChI is InChI=1S/C16H11ClINO/c1-9-15(11-4-2-3-5-14(11)19-9)16(20)10-6-7-13(18)12(17)8-10/h2-8,19H,1H3. The van der Waals surface area contributed by atoms with Gasteiger partial charge in [0, 0.05) is 25.7 Å². The molecule has 2 nitrogen and oxygen atoms in total. The van der Waals surface area contributed by atoms with E-state index >= 15 is 0 Å². The minimum absolute atomic E-state index is 0.00162. The number of aryl methyl sites for hydroxylation is 1. The van der Waals surface area contributed by atoms with Crippen LogP contribution in [-0.4, -0.2) is 10.8 Å². The molecule has 100 valence electrons. The van der Waals surface area contributed by atoms with Crippen molar-refractivity contribution in [3.05, 3.63) is 67.9 Å². The monoisotopic (exact) mass is 395 g/mol. The predicted octanol–water partition coefficient (Wildman–Crippen LogP) is 4.97. The molecule has 2 aromatic carbocycles. The van der Waals surface area contributed by atoms with Crippen LogP contribution in [0.1, 0.15) is 21.6 Å². The maximum Gasteiger partial charge on any atom is 0.195 e. The van der Waals surface area contributed by atoms with Gasteiger partial charge in [0.05, 0.1) is 10.6 Å². The smallest absolute Gasteiger partial charge is 0.195 e. The average Bonchev–Trinajstić information content (AvgIpc) is 2.77. The van der Waals surface area contributed by atoms with E-state index in [1.807, 2.05) is 43.3 Å². The Labute approximate surface area is 135 Å². The highest BCUT2D eigenvalue weighted by Gasteiger charge is 2.18. The second-order valence-electron chi connectivity index (χ2n) is 4.63. The molecule has 3 rings (SSSR count). The topological polar surface area (TPSA) is 32.9 Å². The third kappa shape index (κ3) is 2.25. The molecule has 0 fully saturated rings. The van der Waals surface area contributed by atoms with Crippen LogP contribution in [0.4, 0.5) is 0 Å². The molecule has 1 aromatic heterocycles. The van der Waals surface area contributed by atoms with Crippen molar-refractivity contribution >= 4 is 50.9 Å². The van der Waals surface area contributed by atoms with E-state index in [1.165, 1.54) is 0 Å². The van der Waals surface area contributed by atoms with Crippen LogP contribution in [0.15, 0.2) is 42.5 Å². The van der Waals surface area contributed by atoms with E-state index in [-0.39, 0.29) is 5.78 Å². The van der Waals surface area contributed by atoms with Gasteiger partial charge in [-0.3, -0.25) is 4.79 Å². The second-order valence-corrected chi connectivity index (χ2v) is 6.20. The summed E-state index contributed by atoms with van der Waals surface area (Å²) in [4.78, 5) is 16.0. The molecule has 0 spiro atoms. The zero-order valence-electron chi connectivity index (χ0n) is 10.7. The fourth-order valence-corrected chi connectivity index (χ4v) is 2.87. The highest BCUT2D eigenvalue weighted by molar-refractivity contribution is 14.1. The Balaban J connectivity index is 2.17. The molecule has 0 saturated carbocycles. The lowest BCUT2D eigenvalue weighted by Gasteiger charge is -2.03. The molecule has 0 bridgehead atoms. The first kappa shape index (κ1) is 13.6. The van der Waals surface area contributed by atoms with Crippen molar-refractivity contribution < 1.29 is 4.79 Å². The molecular formula is C16H11ClINO. The van der Waals surface area contributed by atoms with E-state index in [4.69, 9.17) is 11.6 Å². The number of nitrogens with one attached hydrogen (secondary N) is 1. The molecule has 0 aliphatic rings. The Kier molecular flexibility index (Phi) is 3.56. The number of rotatable bonds is 2. The first-order chi connectivity index (χ1) is 9.58. The Morgan fingerprint density at radius 3 is 2.70 bits per heavy atom. The van der Waals surface area contributed by atoms with Crippen molar-refractivity contribution in [2.24, 2.45) is 0 Å². The number of hydrogen-bond acceptors (Lipinski definition) is 1. The Morgan fingerprint density at radius 1 is 1.20 bits per heavy atom. The largest absolute Gasteiger partial charge is 0.358 e. The van der Waals surface area contributed by atoms with Crippen LogP contribution in [-0.2, 0) is 0 Å². The van der Waals surface area contributed by atoms with Crippen LogP contribution in [0.5, 0.6) is 0 Å². The van der Waals surface area contributed by atoms with Crippen molar-refractivity contribution in [3.63, 3.8) is 0 Å². The fourth-order valence-electron chi connectivity index (χ4n) is 2.35. The summed E-state index contributed by atoms with van der Waals surface area (Å²) >= 11 is 8.26. The summed E-state index contributed by atoms with van der Waals surface area (Å²) in [5, 5.41) is 1.55. The van der Waals surface area contributed by atoms with Gasteiger partial charge in [-0.25, -0.2) is 0 Å². The van der Waals surface area contributed by atoms with Crippen molar-refractivity contribution in [1.82, 2.24) is 4.98 Å². The fraction of sp³-hybridized carbons (Fsp3) is 0.0625. The lowest BCUT2D eigenvalue weighted by molar-refractivity contribution is 0.103. The number of carbonyl (C=O) groups is 1. The van der Waals surface area contributed by atoms with E-state index in [2.05, 4.69) is 27.6 Å². The van der Waals surface area contributed by atoms with Crippen LogP contribution in [0, 0.1) is 10.5 Å². The number of halogens is 2. The summed E-state index contributed by atoms with van der Waals surface area (Å²) in [7, 11) is 0. The maximum absolute atomic E-state index is 12.7. The first-order valence-electron chi connectivity index (χ1n) is 6.15. The van der Waals surface area contributed by atoms with Crippen LogP contribution < -0.4 is 0 Å². The number of fused-ring (bicyclic) bond motifs is 1. The average molecular weight is 396 g/mol. The van der Waals surface area contributed by atoms with Gasteiger partial charge in [-0.1, -0.05) is 29.8 Å². The van der Waals surface area contributed by atoms with Crippen LogP contribution >= 0.6 is 34.2 Å². The minimum atomic E-state index is -0.00162. The predicted molar refractivity (Wildman–Crippen MR) is 90.6 cm³/mol. The number of carbonyl (C=O) groups excluding carboxylic acids is 1. The van der Waals surface area contributed by atoms with E-state index in [9.17, 15) is 4.79 Å². The van der Waals surface area contributed by atoms with Gasteiger partial charge >= 0.3 is 0 Å². The minimum Gasteiger partial charge on any atom is -0.358 e. The van der Waals surface area contributed by atoms with Gasteiger partial charge in [-0.05, 0) is 53.8 Å².